The molecule has 0 radical (unpaired) electrons. The minimum atomic E-state index is -0.984. The zero-order valence-electron chi connectivity index (χ0n) is 13.1. The van der Waals surface area contributed by atoms with Crippen LogP contribution in [-0.4, -0.2) is 15.6 Å². The van der Waals surface area contributed by atoms with E-state index in [9.17, 15) is 10.1 Å². The second-order valence-electron chi connectivity index (χ2n) is 5.34. The van der Waals surface area contributed by atoms with Crippen LogP contribution >= 0.6 is 11.6 Å². The number of carboxylic acid groups (broad SMARTS) is 1. The number of aromatic nitrogens is 1. The van der Waals surface area contributed by atoms with Gasteiger partial charge in [-0.2, -0.15) is 5.26 Å². The third-order valence-electron chi connectivity index (χ3n) is 3.70. The number of carbonyl (C=O) groups is 1. The summed E-state index contributed by atoms with van der Waals surface area (Å²) in [6.07, 6.45) is 3.57. The van der Waals surface area contributed by atoms with E-state index in [1.807, 2.05) is 35.0 Å². The van der Waals surface area contributed by atoms with Crippen LogP contribution in [0.2, 0.25) is 5.02 Å². The smallest absolute Gasteiger partial charge is 0.335 e. The molecule has 1 aromatic heterocycles. The maximum atomic E-state index is 11.2. The normalized spacial score (nSPS) is 11.1. The maximum Gasteiger partial charge on any atom is 0.335 e. The summed E-state index contributed by atoms with van der Waals surface area (Å²) in [5, 5.41) is 19.2. The average Bonchev–Trinajstić information content (AvgIpc) is 3.08. The fraction of sp³-hybridized carbons (Fsp3) is 0. The first kappa shape index (κ1) is 16.6. The van der Waals surface area contributed by atoms with Gasteiger partial charge in [-0.3, -0.25) is 0 Å². The number of rotatable bonds is 4. The van der Waals surface area contributed by atoms with Gasteiger partial charge in [-0.25, -0.2) is 4.79 Å². The van der Waals surface area contributed by atoms with Gasteiger partial charge in [-0.05, 0) is 54.1 Å². The molecule has 0 aliphatic carbocycles. The van der Waals surface area contributed by atoms with Gasteiger partial charge < -0.3 is 9.67 Å². The fourth-order valence-corrected chi connectivity index (χ4v) is 2.71. The third-order valence-corrected chi connectivity index (χ3v) is 3.93. The maximum absolute atomic E-state index is 11.2. The van der Waals surface area contributed by atoms with Crippen molar-refractivity contribution in [3.05, 3.63) is 88.7 Å². The van der Waals surface area contributed by atoms with Crippen molar-refractivity contribution < 1.29 is 9.90 Å². The van der Waals surface area contributed by atoms with Gasteiger partial charge in [-0.1, -0.05) is 29.8 Å². The molecule has 0 aliphatic rings. The summed E-state index contributed by atoms with van der Waals surface area (Å²) in [6.45, 7) is 0. The van der Waals surface area contributed by atoms with Crippen LogP contribution in [-0.2, 0) is 0 Å². The first-order valence-corrected chi connectivity index (χ1v) is 7.85. The predicted octanol–water partition coefficient (Wildman–Crippen LogP) is 4.89. The third kappa shape index (κ3) is 3.63. The zero-order valence-corrected chi connectivity index (χ0v) is 13.8. The highest BCUT2D eigenvalue weighted by atomic mass is 35.5. The van der Waals surface area contributed by atoms with Gasteiger partial charge in [0, 0.05) is 22.6 Å². The lowest BCUT2D eigenvalue weighted by Crippen LogP contribution is -2.00. The molecule has 0 saturated heterocycles. The average molecular weight is 349 g/mol. The molecule has 3 aromatic rings. The molecule has 25 heavy (non-hydrogen) atoms. The Morgan fingerprint density at radius 3 is 2.56 bits per heavy atom. The monoisotopic (exact) mass is 348 g/mol. The molecule has 0 bridgehead atoms. The molecule has 0 aliphatic heterocycles. The number of halogens is 1. The van der Waals surface area contributed by atoms with Crippen molar-refractivity contribution in [1.82, 2.24) is 4.57 Å². The Bertz CT molecular complexity index is 1010. The molecule has 1 N–H and O–H groups in total. The molecule has 1 heterocycles. The fourth-order valence-electron chi connectivity index (χ4n) is 2.52. The molecular weight excluding hydrogens is 336 g/mol. The van der Waals surface area contributed by atoms with Crippen LogP contribution in [0, 0.1) is 11.3 Å². The minimum Gasteiger partial charge on any atom is -0.478 e. The number of hydrogen-bond acceptors (Lipinski definition) is 2. The Morgan fingerprint density at radius 2 is 1.84 bits per heavy atom. The lowest BCUT2D eigenvalue weighted by Gasteiger charge is -2.08. The van der Waals surface area contributed by atoms with E-state index >= 15 is 0 Å². The second-order valence-corrected chi connectivity index (χ2v) is 5.78. The van der Waals surface area contributed by atoms with Crippen LogP contribution < -0.4 is 0 Å². The van der Waals surface area contributed by atoms with Gasteiger partial charge in [0.1, 0.15) is 0 Å². The summed E-state index contributed by atoms with van der Waals surface area (Å²) in [4.78, 5) is 11.2. The van der Waals surface area contributed by atoms with Gasteiger partial charge in [0.2, 0.25) is 0 Å². The summed E-state index contributed by atoms with van der Waals surface area (Å²) < 4.78 is 1.83. The van der Waals surface area contributed by atoms with Crippen molar-refractivity contribution >= 4 is 29.2 Å². The minimum absolute atomic E-state index is 0.205. The van der Waals surface area contributed by atoms with Gasteiger partial charge >= 0.3 is 5.97 Å². The number of nitrogens with zero attached hydrogens (tertiary/aromatic N) is 2. The largest absolute Gasteiger partial charge is 0.478 e. The molecule has 5 heteroatoms. The molecule has 3 rings (SSSR count). The van der Waals surface area contributed by atoms with E-state index in [1.165, 1.54) is 6.07 Å². The van der Waals surface area contributed by atoms with Crippen molar-refractivity contribution in [2.45, 2.75) is 0 Å². The van der Waals surface area contributed by atoms with Crippen molar-refractivity contribution in [2.24, 2.45) is 0 Å². The highest BCUT2D eigenvalue weighted by Gasteiger charge is 2.08. The van der Waals surface area contributed by atoms with Gasteiger partial charge in [0.05, 0.1) is 17.2 Å². The topological polar surface area (TPSA) is 66.0 Å². The number of benzene rings is 2. The summed E-state index contributed by atoms with van der Waals surface area (Å²) in [5.74, 6) is -0.984. The number of allylic oxidation sites excluding steroid dienone is 1. The van der Waals surface area contributed by atoms with E-state index in [-0.39, 0.29) is 5.56 Å². The summed E-state index contributed by atoms with van der Waals surface area (Å²) in [7, 11) is 0. The first-order valence-electron chi connectivity index (χ1n) is 7.47. The Hall–Kier alpha value is -3.29. The van der Waals surface area contributed by atoms with E-state index in [1.54, 1.807) is 36.4 Å². The number of hydrogen-bond donors (Lipinski definition) is 1. The van der Waals surface area contributed by atoms with Gasteiger partial charge in [0.15, 0.2) is 0 Å². The lowest BCUT2D eigenvalue weighted by atomic mass is 10.1. The highest BCUT2D eigenvalue weighted by molar-refractivity contribution is 6.30. The van der Waals surface area contributed by atoms with E-state index in [0.29, 0.717) is 16.3 Å². The number of carboxylic acids is 1. The SMILES string of the molecule is N#CC(=Cc1cccn1-c1cccc(C(=O)O)c1)c1cccc(Cl)c1. The van der Waals surface area contributed by atoms with Crippen LogP contribution in [0.15, 0.2) is 66.9 Å². The van der Waals surface area contributed by atoms with Crippen LogP contribution in [0.4, 0.5) is 0 Å². The highest BCUT2D eigenvalue weighted by Crippen LogP contribution is 2.23. The van der Waals surface area contributed by atoms with E-state index < -0.39 is 5.97 Å². The standard InChI is InChI=1S/C20H13ClN2O2/c21-17-6-1-4-14(10-17)16(13-22)12-19-8-3-9-23(19)18-7-2-5-15(11-18)20(24)25/h1-12H,(H,24,25). The van der Waals surface area contributed by atoms with E-state index in [4.69, 9.17) is 16.7 Å². The second kappa shape index (κ2) is 7.08. The Labute approximate surface area is 149 Å². The Morgan fingerprint density at radius 1 is 1.08 bits per heavy atom. The molecule has 122 valence electrons. The molecule has 2 aromatic carbocycles. The molecule has 0 saturated carbocycles. The van der Waals surface area contributed by atoms with Crippen LogP contribution in [0.3, 0.4) is 0 Å². The van der Waals surface area contributed by atoms with Crippen molar-refractivity contribution in [3.63, 3.8) is 0 Å². The molecule has 0 amide bonds. The first-order chi connectivity index (χ1) is 12.1. The number of nitriles is 1. The zero-order chi connectivity index (χ0) is 17.8. The predicted molar refractivity (Wildman–Crippen MR) is 97.7 cm³/mol. The Balaban J connectivity index is 2.06. The summed E-state index contributed by atoms with van der Waals surface area (Å²) in [5.41, 5.74) is 2.87. The molecule has 0 unspecified atom stereocenters. The van der Waals surface area contributed by atoms with Gasteiger partial charge in [0.25, 0.3) is 0 Å². The van der Waals surface area contributed by atoms with Gasteiger partial charge in [-0.15, -0.1) is 0 Å². The molecule has 0 atom stereocenters. The van der Waals surface area contributed by atoms with Crippen molar-refractivity contribution in [2.75, 3.05) is 0 Å². The molecular formula is C20H13ClN2O2. The quantitative estimate of drug-likeness (QED) is 0.682. The molecule has 0 fully saturated rings. The van der Waals surface area contributed by atoms with Crippen LogP contribution in [0.5, 0.6) is 0 Å². The van der Waals surface area contributed by atoms with E-state index in [2.05, 4.69) is 6.07 Å². The summed E-state index contributed by atoms with van der Waals surface area (Å²) >= 11 is 6.00. The van der Waals surface area contributed by atoms with E-state index in [0.717, 1.165) is 11.3 Å². The van der Waals surface area contributed by atoms with Crippen molar-refractivity contribution in [1.29, 1.82) is 5.26 Å². The Kier molecular flexibility index (Phi) is 4.69. The van der Waals surface area contributed by atoms with Crippen LogP contribution in [0.1, 0.15) is 21.6 Å². The number of aromatic carboxylic acids is 1. The lowest BCUT2D eigenvalue weighted by molar-refractivity contribution is 0.0697. The molecule has 4 nitrogen and oxygen atoms in total. The summed E-state index contributed by atoms with van der Waals surface area (Å²) in [6, 6.07) is 19.6. The van der Waals surface area contributed by atoms with Crippen molar-refractivity contribution in [3.8, 4) is 11.8 Å². The van der Waals surface area contributed by atoms with Crippen LogP contribution in [0.25, 0.3) is 17.3 Å². The molecule has 0 spiro atoms.